The lowest BCUT2D eigenvalue weighted by atomic mass is 10.0. The van der Waals surface area contributed by atoms with E-state index in [2.05, 4.69) is 19.2 Å². The van der Waals surface area contributed by atoms with Crippen LogP contribution in [0.15, 0.2) is 0 Å². The van der Waals surface area contributed by atoms with Crippen molar-refractivity contribution in [1.29, 1.82) is 0 Å². The van der Waals surface area contributed by atoms with E-state index in [-0.39, 0.29) is 12.0 Å². The highest BCUT2D eigenvalue weighted by atomic mass is 16.5. The second-order valence-corrected chi connectivity index (χ2v) is 4.90. The predicted octanol–water partition coefficient (Wildman–Crippen LogP) is 1.47. The number of aliphatic hydroxyl groups excluding tert-OH is 1. The number of rotatable bonds is 7. The number of unbranched alkanes of at least 4 members (excludes halogenated alkanes) is 1. The van der Waals surface area contributed by atoms with Gasteiger partial charge in [-0.3, -0.25) is 4.79 Å². The van der Waals surface area contributed by atoms with E-state index in [1.807, 2.05) is 0 Å². The van der Waals surface area contributed by atoms with Gasteiger partial charge < -0.3 is 15.2 Å². The molecule has 1 rings (SSSR count). The highest BCUT2D eigenvalue weighted by Gasteiger charge is 2.29. The van der Waals surface area contributed by atoms with E-state index in [1.165, 1.54) is 12.8 Å². The Morgan fingerprint density at radius 3 is 2.82 bits per heavy atom. The van der Waals surface area contributed by atoms with Gasteiger partial charge in [0.05, 0.1) is 12.7 Å². The fourth-order valence-electron chi connectivity index (χ4n) is 2.10. The van der Waals surface area contributed by atoms with Gasteiger partial charge >= 0.3 is 5.97 Å². The van der Waals surface area contributed by atoms with Crippen molar-refractivity contribution in [1.82, 2.24) is 5.32 Å². The van der Waals surface area contributed by atoms with Crippen LogP contribution in [0.1, 0.15) is 46.0 Å². The molecule has 1 aliphatic heterocycles. The van der Waals surface area contributed by atoms with Crippen LogP contribution in [-0.4, -0.2) is 36.4 Å². The molecule has 0 aromatic heterocycles. The fraction of sp³-hybridized carbons (Fsp3) is 0.923. The van der Waals surface area contributed by atoms with Crippen molar-refractivity contribution in [3.8, 4) is 0 Å². The summed E-state index contributed by atoms with van der Waals surface area (Å²) >= 11 is 0. The van der Waals surface area contributed by atoms with Gasteiger partial charge in [0.1, 0.15) is 6.04 Å². The molecule has 1 heterocycles. The number of esters is 1. The summed E-state index contributed by atoms with van der Waals surface area (Å²) in [5, 5.41) is 12.3. The molecule has 4 heteroatoms. The molecule has 0 bridgehead atoms. The number of nitrogens with one attached hydrogen (secondary N) is 1. The van der Waals surface area contributed by atoms with Crippen LogP contribution in [0.4, 0.5) is 0 Å². The first-order valence-corrected chi connectivity index (χ1v) is 6.75. The Balaban J connectivity index is 2.21. The lowest BCUT2D eigenvalue weighted by molar-refractivity contribution is -0.147. The Bertz CT molecular complexity index is 233. The van der Waals surface area contributed by atoms with Crippen LogP contribution >= 0.6 is 0 Å². The molecule has 100 valence electrons. The van der Waals surface area contributed by atoms with E-state index in [0.717, 1.165) is 12.8 Å². The minimum Gasteiger partial charge on any atom is -0.464 e. The maximum atomic E-state index is 11.7. The Labute approximate surface area is 104 Å². The van der Waals surface area contributed by atoms with Crippen LogP contribution in [0, 0.1) is 5.92 Å². The summed E-state index contributed by atoms with van der Waals surface area (Å²) in [6, 6.07) is -0.311. The summed E-state index contributed by atoms with van der Waals surface area (Å²) in [7, 11) is 0. The molecule has 0 radical (unpaired) electrons. The number of aliphatic hydroxyl groups is 1. The van der Waals surface area contributed by atoms with Crippen molar-refractivity contribution in [3.05, 3.63) is 0 Å². The molecule has 2 unspecified atom stereocenters. The minimum absolute atomic E-state index is 0.212. The maximum absolute atomic E-state index is 11.7. The average Bonchev–Trinajstić information content (AvgIpc) is 2.76. The van der Waals surface area contributed by atoms with Crippen LogP contribution in [0.5, 0.6) is 0 Å². The summed E-state index contributed by atoms with van der Waals surface area (Å²) in [5.74, 6) is 0.265. The molecular weight excluding hydrogens is 218 g/mol. The van der Waals surface area contributed by atoms with Gasteiger partial charge in [-0.2, -0.15) is 0 Å². The van der Waals surface area contributed by atoms with E-state index in [0.29, 0.717) is 25.5 Å². The van der Waals surface area contributed by atoms with Crippen LogP contribution in [0.2, 0.25) is 0 Å². The lowest BCUT2D eigenvalue weighted by Gasteiger charge is -2.16. The molecule has 0 aliphatic carbocycles. The first-order valence-electron chi connectivity index (χ1n) is 6.75. The molecule has 0 aromatic rings. The summed E-state index contributed by atoms with van der Waals surface area (Å²) < 4.78 is 5.31. The fourth-order valence-corrected chi connectivity index (χ4v) is 2.10. The van der Waals surface area contributed by atoms with Crippen molar-refractivity contribution >= 4 is 5.97 Å². The summed E-state index contributed by atoms with van der Waals surface area (Å²) in [4.78, 5) is 11.7. The van der Waals surface area contributed by atoms with Crippen LogP contribution < -0.4 is 5.32 Å². The third kappa shape index (κ3) is 5.04. The molecule has 3 atom stereocenters. The summed E-state index contributed by atoms with van der Waals surface area (Å²) in [5.41, 5.74) is 0. The Morgan fingerprint density at radius 2 is 2.29 bits per heavy atom. The molecule has 0 saturated carbocycles. The van der Waals surface area contributed by atoms with E-state index in [9.17, 15) is 9.90 Å². The molecule has 1 saturated heterocycles. The number of carbonyl (C=O) groups is 1. The zero-order valence-electron chi connectivity index (χ0n) is 10.9. The van der Waals surface area contributed by atoms with Gasteiger partial charge in [-0.15, -0.1) is 0 Å². The maximum Gasteiger partial charge on any atom is 0.323 e. The van der Waals surface area contributed by atoms with Gasteiger partial charge in [0.25, 0.3) is 0 Å². The number of carbonyl (C=O) groups excluding carboxylic acids is 1. The monoisotopic (exact) mass is 243 g/mol. The highest BCUT2D eigenvalue weighted by molar-refractivity contribution is 5.76. The van der Waals surface area contributed by atoms with Gasteiger partial charge in [0, 0.05) is 13.0 Å². The van der Waals surface area contributed by atoms with Crippen LogP contribution in [0.25, 0.3) is 0 Å². The molecule has 2 N–H and O–H groups in total. The number of ether oxygens (including phenoxy) is 1. The zero-order chi connectivity index (χ0) is 12.7. The number of β-amino-alcohol motifs (C(OH)–C–C–N with tert-alkyl or cyclic N) is 1. The van der Waals surface area contributed by atoms with Gasteiger partial charge in [0.2, 0.25) is 0 Å². The second-order valence-electron chi connectivity index (χ2n) is 4.90. The lowest BCUT2D eigenvalue weighted by Crippen LogP contribution is -2.33. The largest absolute Gasteiger partial charge is 0.464 e. The van der Waals surface area contributed by atoms with Crippen molar-refractivity contribution in [2.75, 3.05) is 13.2 Å². The standard InChI is InChI=1S/C13H25NO3/c1-3-5-6-10(4-2)9-17-13(16)12-7-11(15)8-14-12/h10-12,14-15H,3-9H2,1-2H3/t10?,11?,12-/m0/s1. The van der Waals surface area contributed by atoms with Gasteiger partial charge in [-0.25, -0.2) is 0 Å². The van der Waals surface area contributed by atoms with Crippen LogP contribution in [-0.2, 0) is 9.53 Å². The summed E-state index contributed by atoms with van der Waals surface area (Å²) in [6.45, 7) is 5.31. The smallest absolute Gasteiger partial charge is 0.323 e. The minimum atomic E-state index is -0.408. The van der Waals surface area contributed by atoms with E-state index < -0.39 is 6.10 Å². The van der Waals surface area contributed by atoms with E-state index in [1.54, 1.807) is 0 Å². The molecule has 17 heavy (non-hydrogen) atoms. The first kappa shape index (κ1) is 14.5. The Kier molecular flexibility index (Phi) is 6.52. The van der Waals surface area contributed by atoms with Crippen molar-refractivity contribution < 1.29 is 14.6 Å². The molecule has 0 aromatic carbocycles. The van der Waals surface area contributed by atoms with Crippen LogP contribution in [0.3, 0.4) is 0 Å². The highest BCUT2D eigenvalue weighted by Crippen LogP contribution is 2.14. The first-order chi connectivity index (χ1) is 8.17. The summed E-state index contributed by atoms with van der Waals surface area (Å²) in [6.07, 6.45) is 4.62. The number of hydrogen-bond acceptors (Lipinski definition) is 4. The SMILES string of the molecule is CCCCC(CC)COC(=O)[C@@H]1CC(O)CN1. The average molecular weight is 243 g/mol. The normalized spacial score (nSPS) is 25.8. The van der Waals surface area contributed by atoms with Crippen molar-refractivity contribution in [2.24, 2.45) is 5.92 Å². The molecule has 1 fully saturated rings. The molecule has 1 aliphatic rings. The zero-order valence-corrected chi connectivity index (χ0v) is 10.9. The van der Waals surface area contributed by atoms with Gasteiger partial charge in [-0.1, -0.05) is 33.1 Å². The molecule has 0 amide bonds. The van der Waals surface area contributed by atoms with Gasteiger partial charge in [0.15, 0.2) is 0 Å². The quantitative estimate of drug-likeness (QED) is 0.665. The third-order valence-electron chi connectivity index (χ3n) is 3.40. The number of hydrogen-bond donors (Lipinski definition) is 2. The van der Waals surface area contributed by atoms with E-state index >= 15 is 0 Å². The predicted molar refractivity (Wildman–Crippen MR) is 66.7 cm³/mol. The molecule has 4 nitrogen and oxygen atoms in total. The topological polar surface area (TPSA) is 58.6 Å². The second kappa shape index (κ2) is 7.67. The Morgan fingerprint density at radius 1 is 1.53 bits per heavy atom. The molecular formula is C13H25NO3. The molecule has 0 spiro atoms. The van der Waals surface area contributed by atoms with E-state index in [4.69, 9.17) is 4.74 Å². The Hall–Kier alpha value is -0.610. The van der Waals surface area contributed by atoms with Crippen molar-refractivity contribution in [3.63, 3.8) is 0 Å². The third-order valence-corrected chi connectivity index (χ3v) is 3.40. The van der Waals surface area contributed by atoms with Gasteiger partial charge in [-0.05, 0) is 12.3 Å². The van der Waals surface area contributed by atoms with Crippen molar-refractivity contribution in [2.45, 2.75) is 58.1 Å².